The fourth-order valence-electron chi connectivity index (χ4n) is 2.01. The number of carbonyl (C=O) groups excluding carboxylic acids is 1. The molecule has 0 unspecified atom stereocenters. The Balaban J connectivity index is 2.06. The predicted molar refractivity (Wildman–Crippen MR) is 96.2 cm³/mol. The van der Waals surface area contributed by atoms with E-state index in [-0.39, 0.29) is 0 Å². The first-order valence-electron chi connectivity index (χ1n) is 6.27. The van der Waals surface area contributed by atoms with E-state index >= 15 is 0 Å². The Labute approximate surface area is 152 Å². The van der Waals surface area contributed by atoms with Crippen molar-refractivity contribution in [2.45, 2.75) is 0 Å². The first-order chi connectivity index (χ1) is 10.6. The number of ether oxygens (including phenoxy) is 1. The van der Waals surface area contributed by atoms with Crippen LogP contribution in [0.5, 0.6) is 5.75 Å². The van der Waals surface area contributed by atoms with Crippen molar-refractivity contribution in [3.8, 4) is 5.75 Å². The van der Waals surface area contributed by atoms with Crippen LogP contribution in [0.15, 0.2) is 62.1 Å². The molecule has 0 fully saturated rings. The molecule has 0 aliphatic heterocycles. The average molecular weight is 486 g/mol. The number of hydrogen-bond acceptors (Lipinski definition) is 3. The normalized spacial score (nSPS) is 10.7. The second-order valence-corrected chi connectivity index (χ2v) is 7.09. The minimum atomic E-state index is -0.434. The van der Waals surface area contributed by atoms with Crippen LogP contribution in [0, 0.1) is 0 Å². The molecule has 0 amide bonds. The molecular formula is C16H8Br3NO2. The van der Waals surface area contributed by atoms with Gasteiger partial charge in [-0.2, -0.15) is 0 Å². The molecule has 0 spiro atoms. The van der Waals surface area contributed by atoms with Crippen LogP contribution in [0.4, 0.5) is 0 Å². The number of pyridine rings is 1. The molecule has 0 aliphatic carbocycles. The lowest BCUT2D eigenvalue weighted by atomic mass is 10.2. The van der Waals surface area contributed by atoms with Crippen LogP contribution in [-0.4, -0.2) is 11.0 Å². The van der Waals surface area contributed by atoms with Gasteiger partial charge in [0.15, 0.2) is 5.75 Å². The van der Waals surface area contributed by atoms with Gasteiger partial charge >= 0.3 is 5.97 Å². The predicted octanol–water partition coefficient (Wildman–Crippen LogP) is 5.74. The van der Waals surface area contributed by atoms with Crippen molar-refractivity contribution in [2.75, 3.05) is 0 Å². The average Bonchev–Trinajstić information content (AvgIpc) is 2.51. The van der Waals surface area contributed by atoms with Gasteiger partial charge in [-0.05, 0) is 46.3 Å². The maximum atomic E-state index is 12.3. The molecule has 0 saturated carbocycles. The Morgan fingerprint density at radius 1 is 1.00 bits per heavy atom. The highest BCUT2D eigenvalue weighted by Crippen LogP contribution is 2.37. The monoisotopic (exact) mass is 483 g/mol. The van der Waals surface area contributed by atoms with Crippen LogP contribution < -0.4 is 4.74 Å². The Bertz CT molecular complexity index is 880. The summed E-state index contributed by atoms with van der Waals surface area (Å²) in [5, 5.41) is 0.878. The molecule has 110 valence electrons. The minimum Gasteiger partial charge on any atom is -0.419 e. The van der Waals surface area contributed by atoms with E-state index in [4.69, 9.17) is 4.74 Å². The molecule has 0 N–H and O–H groups in total. The highest BCUT2D eigenvalue weighted by atomic mass is 79.9. The smallest absolute Gasteiger partial charge is 0.343 e. The lowest BCUT2D eigenvalue weighted by Crippen LogP contribution is -2.09. The summed E-state index contributed by atoms with van der Waals surface area (Å²) in [6, 6.07) is 12.6. The van der Waals surface area contributed by atoms with Gasteiger partial charge in [-0.1, -0.05) is 44.0 Å². The lowest BCUT2D eigenvalue weighted by molar-refractivity contribution is 0.0735. The van der Waals surface area contributed by atoms with Crippen LogP contribution in [0.1, 0.15) is 10.4 Å². The van der Waals surface area contributed by atoms with Gasteiger partial charge in [0, 0.05) is 20.5 Å². The summed E-state index contributed by atoms with van der Waals surface area (Å²) in [5.74, 6) is -0.0277. The summed E-state index contributed by atoms with van der Waals surface area (Å²) in [6.45, 7) is 0. The molecule has 1 aromatic heterocycles. The number of nitrogens with zero attached hydrogens (tertiary/aromatic N) is 1. The van der Waals surface area contributed by atoms with Gasteiger partial charge in [-0.25, -0.2) is 4.79 Å². The van der Waals surface area contributed by atoms with Gasteiger partial charge in [-0.3, -0.25) is 4.98 Å². The standard InChI is InChI=1S/C16H8Br3NO2/c17-10-4-1-3-9(7-10)16(21)22-15-13(19)8-12(18)11-5-2-6-20-14(11)15/h1-8H. The van der Waals surface area contributed by atoms with E-state index in [0.717, 1.165) is 14.3 Å². The van der Waals surface area contributed by atoms with Crippen molar-refractivity contribution in [1.82, 2.24) is 4.98 Å². The summed E-state index contributed by atoms with van der Waals surface area (Å²) < 4.78 is 7.92. The van der Waals surface area contributed by atoms with Gasteiger partial charge in [0.05, 0.1) is 10.0 Å². The molecule has 2 aromatic carbocycles. The number of carbonyl (C=O) groups is 1. The van der Waals surface area contributed by atoms with E-state index in [0.29, 0.717) is 21.3 Å². The highest BCUT2D eigenvalue weighted by molar-refractivity contribution is 9.11. The van der Waals surface area contributed by atoms with E-state index in [1.165, 1.54) is 0 Å². The molecule has 0 radical (unpaired) electrons. The fourth-order valence-corrected chi connectivity index (χ4v) is 3.76. The van der Waals surface area contributed by atoms with Crippen LogP contribution in [-0.2, 0) is 0 Å². The maximum Gasteiger partial charge on any atom is 0.343 e. The summed E-state index contributed by atoms with van der Waals surface area (Å²) in [6.07, 6.45) is 1.66. The molecule has 3 rings (SSSR count). The van der Waals surface area contributed by atoms with Crippen LogP contribution >= 0.6 is 47.8 Å². The largest absolute Gasteiger partial charge is 0.419 e. The summed E-state index contributed by atoms with van der Waals surface area (Å²) >= 11 is 10.3. The molecule has 0 aliphatic rings. The molecule has 3 nitrogen and oxygen atoms in total. The van der Waals surface area contributed by atoms with Gasteiger partial charge < -0.3 is 4.74 Å². The van der Waals surface area contributed by atoms with E-state index in [9.17, 15) is 4.79 Å². The number of halogens is 3. The number of rotatable bonds is 2. The van der Waals surface area contributed by atoms with Crippen molar-refractivity contribution >= 4 is 64.7 Å². The zero-order chi connectivity index (χ0) is 15.7. The van der Waals surface area contributed by atoms with Crippen LogP contribution in [0.25, 0.3) is 10.9 Å². The SMILES string of the molecule is O=C(Oc1c(Br)cc(Br)c2cccnc12)c1cccc(Br)c1. The van der Waals surface area contributed by atoms with Crippen molar-refractivity contribution in [3.05, 3.63) is 67.6 Å². The molecular weight excluding hydrogens is 478 g/mol. The Hall–Kier alpha value is -1.24. The second kappa shape index (κ2) is 6.48. The minimum absolute atomic E-state index is 0.406. The lowest BCUT2D eigenvalue weighted by Gasteiger charge is -2.10. The number of hydrogen-bond donors (Lipinski definition) is 0. The molecule has 3 aromatic rings. The molecule has 22 heavy (non-hydrogen) atoms. The zero-order valence-corrected chi connectivity index (χ0v) is 15.8. The van der Waals surface area contributed by atoms with Crippen molar-refractivity contribution in [2.24, 2.45) is 0 Å². The third-order valence-electron chi connectivity index (χ3n) is 3.01. The first-order valence-corrected chi connectivity index (χ1v) is 8.64. The molecule has 0 bridgehead atoms. The number of benzene rings is 2. The van der Waals surface area contributed by atoms with Crippen LogP contribution in [0.2, 0.25) is 0 Å². The Kier molecular flexibility index (Phi) is 4.61. The van der Waals surface area contributed by atoms with E-state index in [2.05, 4.69) is 52.8 Å². The zero-order valence-electron chi connectivity index (χ0n) is 11.0. The van der Waals surface area contributed by atoms with Gasteiger partial charge in [0.2, 0.25) is 0 Å². The molecule has 0 saturated heterocycles. The quantitative estimate of drug-likeness (QED) is 0.343. The number of fused-ring (bicyclic) bond motifs is 1. The van der Waals surface area contributed by atoms with E-state index < -0.39 is 5.97 Å². The van der Waals surface area contributed by atoms with Crippen molar-refractivity contribution < 1.29 is 9.53 Å². The first kappa shape index (κ1) is 15.6. The number of aromatic nitrogens is 1. The highest BCUT2D eigenvalue weighted by Gasteiger charge is 2.16. The third kappa shape index (κ3) is 3.09. The van der Waals surface area contributed by atoms with Crippen LogP contribution in [0.3, 0.4) is 0 Å². The fraction of sp³-hybridized carbons (Fsp3) is 0. The maximum absolute atomic E-state index is 12.3. The summed E-state index contributed by atoms with van der Waals surface area (Å²) in [5.41, 5.74) is 1.08. The Morgan fingerprint density at radius 2 is 1.82 bits per heavy atom. The van der Waals surface area contributed by atoms with E-state index in [1.807, 2.05) is 24.3 Å². The van der Waals surface area contributed by atoms with E-state index in [1.54, 1.807) is 24.4 Å². The Morgan fingerprint density at radius 3 is 2.59 bits per heavy atom. The topological polar surface area (TPSA) is 39.2 Å². The third-order valence-corrected chi connectivity index (χ3v) is 4.74. The van der Waals surface area contributed by atoms with Gasteiger partial charge in [0.1, 0.15) is 5.52 Å². The van der Waals surface area contributed by atoms with Gasteiger partial charge in [-0.15, -0.1) is 0 Å². The summed E-state index contributed by atoms with van der Waals surface area (Å²) in [4.78, 5) is 16.7. The molecule has 6 heteroatoms. The van der Waals surface area contributed by atoms with Crippen molar-refractivity contribution in [1.29, 1.82) is 0 Å². The van der Waals surface area contributed by atoms with Crippen molar-refractivity contribution in [3.63, 3.8) is 0 Å². The molecule has 1 heterocycles. The number of esters is 1. The molecule has 0 atom stereocenters. The second-order valence-electron chi connectivity index (χ2n) is 4.47. The van der Waals surface area contributed by atoms with Gasteiger partial charge in [0.25, 0.3) is 0 Å². The summed E-state index contributed by atoms with van der Waals surface area (Å²) in [7, 11) is 0.